The maximum atomic E-state index is 5.29. The molecule has 8 rings (SSSR count). The van der Waals surface area contributed by atoms with Crippen LogP contribution in [0.1, 0.15) is 22.8 Å². The minimum absolute atomic E-state index is 0.898. The van der Waals surface area contributed by atoms with Gasteiger partial charge in [0.15, 0.2) is 12.4 Å². The topological polar surface area (TPSA) is 61.2 Å². The molecule has 6 heterocycles. The lowest BCUT2D eigenvalue weighted by Gasteiger charge is -2.05. The first-order valence-corrected chi connectivity index (χ1v) is 14.4. The Hall–Kier alpha value is -5.81. The van der Waals surface area contributed by atoms with Crippen molar-refractivity contribution in [3.05, 3.63) is 138 Å². The predicted molar refractivity (Wildman–Crippen MR) is 176 cm³/mol. The number of fused-ring (bicyclic) bond motifs is 8. The Bertz CT molecular complexity index is 2200. The maximum Gasteiger partial charge on any atom is 0.176 e. The number of benzene rings is 2. The molecule has 5 nitrogen and oxygen atoms in total. The molecule has 0 saturated carbocycles. The molecule has 8 bridgehead atoms. The van der Waals surface area contributed by atoms with Crippen molar-refractivity contribution in [2.24, 2.45) is 7.05 Å². The molecule has 2 aliphatic rings. The van der Waals surface area contributed by atoms with E-state index in [4.69, 9.17) is 9.97 Å². The molecule has 0 aliphatic carbocycles. The SMILES string of the molecule is C[n+]1cccc(-c2c3nc(c(-c4ccccc4)c4ccc(cc5nc(c(-c6ccccc6)c6ccc2[nH]6)C=C5)[nH]4)C=C3)c1. The highest BCUT2D eigenvalue weighted by Gasteiger charge is 2.17. The number of aromatic amines is 2. The normalized spacial score (nSPS) is 12.1. The first-order chi connectivity index (χ1) is 21.2. The van der Waals surface area contributed by atoms with Crippen molar-refractivity contribution >= 4 is 46.4 Å². The smallest absolute Gasteiger partial charge is 0.176 e. The third kappa shape index (κ3) is 4.57. The average Bonchev–Trinajstić information content (AvgIpc) is 3.85. The largest absolute Gasteiger partial charge is 0.355 e. The molecule has 2 aliphatic heterocycles. The van der Waals surface area contributed by atoms with E-state index in [1.54, 1.807) is 0 Å². The van der Waals surface area contributed by atoms with Gasteiger partial charge in [0.1, 0.15) is 7.05 Å². The van der Waals surface area contributed by atoms with Gasteiger partial charge >= 0.3 is 0 Å². The van der Waals surface area contributed by atoms with E-state index in [2.05, 4.69) is 136 Å². The molecule has 6 aromatic rings. The van der Waals surface area contributed by atoms with Crippen LogP contribution < -0.4 is 4.57 Å². The van der Waals surface area contributed by atoms with Gasteiger partial charge in [-0.3, -0.25) is 0 Å². The van der Waals surface area contributed by atoms with Crippen LogP contribution in [0.3, 0.4) is 0 Å². The zero-order valence-corrected chi connectivity index (χ0v) is 23.6. The summed E-state index contributed by atoms with van der Waals surface area (Å²) in [5.74, 6) is 0. The molecule has 5 heteroatoms. The van der Waals surface area contributed by atoms with E-state index in [0.717, 1.165) is 78.2 Å². The number of pyridine rings is 1. The number of rotatable bonds is 3. The average molecular weight is 555 g/mol. The lowest BCUT2D eigenvalue weighted by molar-refractivity contribution is -0.671. The molecule has 0 atom stereocenters. The van der Waals surface area contributed by atoms with E-state index in [9.17, 15) is 0 Å². The monoisotopic (exact) mass is 554 g/mol. The summed E-state index contributed by atoms with van der Waals surface area (Å²) >= 11 is 0. The lowest BCUT2D eigenvalue weighted by Crippen LogP contribution is -2.26. The van der Waals surface area contributed by atoms with E-state index in [0.29, 0.717) is 0 Å². The van der Waals surface area contributed by atoms with Crippen molar-refractivity contribution in [2.45, 2.75) is 0 Å². The molecule has 0 saturated heterocycles. The number of aromatic nitrogens is 5. The summed E-state index contributed by atoms with van der Waals surface area (Å²) in [6.45, 7) is 0. The van der Waals surface area contributed by atoms with Crippen LogP contribution in [0.4, 0.5) is 0 Å². The number of aryl methyl sites for hydroxylation is 1. The van der Waals surface area contributed by atoms with E-state index in [1.807, 2.05) is 25.4 Å². The summed E-state index contributed by atoms with van der Waals surface area (Å²) in [4.78, 5) is 17.8. The number of H-pyrrole nitrogens is 2. The van der Waals surface area contributed by atoms with Gasteiger partial charge in [-0.25, -0.2) is 14.5 Å². The van der Waals surface area contributed by atoms with Gasteiger partial charge in [0, 0.05) is 50.4 Å². The Kier molecular flexibility index (Phi) is 5.93. The molecular formula is C38H28N5+. The zero-order valence-electron chi connectivity index (χ0n) is 23.6. The molecule has 2 aromatic carbocycles. The van der Waals surface area contributed by atoms with Crippen LogP contribution in [0.2, 0.25) is 0 Å². The number of hydrogen-bond donors (Lipinski definition) is 2. The number of nitrogens with one attached hydrogen (secondary N) is 2. The Morgan fingerprint density at radius 1 is 0.512 bits per heavy atom. The number of nitrogens with zero attached hydrogens (tertiary/aromatic N) is 3. The number of hydrogen-bond acceptors (Lipinski definition) is 2. The molecule has 43 heavy (non-hydrogen) atoms. The van der Waals surface area contributed by atoms with Crippen LogP contribution in [-0.4, -0.2) is 19.9 Å². The molecule has 0 fully saturated rings. The second kappa shape index (κ2) is 10.2. The van der Waals surface area contributed by atoms with Crippen molar-refractivity contribution in [1.29, 1.82) is 0 Å². The van der Waals surface area contributed by atoms with Gasteiger partial charge in [0.05, 0.1) is 22.8 Å². The van der Waals surface area contributed by atoms with E-state index in [1.165, 1.54) is 0 Å². The summed E-state index contributed by atoms with van der Waals surface area (Å²) in [6, 6.07) is 35.8. The van der Waals surface area contributed by atoms with Crippen molar-refractivity contribution in [2.75, 3.05) is 0 Å². The third-order valence-electron chi connectivity index (χ3n) is 7.93. The minimum atomic E-state index is 0.898. The van der Waals surface area contributed by atoms with Gasteiger partial charge in [-0.05, 0) is 71.8 Å². The molecule has 0 unspecified atom stereocenters. The Morgan fingerprint density at radius 3 is 1.70 bits per heavy atom. The molecule has 204 valence electrons. The molecular weight excluding hydrogens is 526 g/mol. The summed E-state index contributed by atoms with van der Waals surface area (Å²) < 4.78 is 2.07. The second-order valence-corrected chi connectivity index (χ2v) is 10.8. The Morgan fingerprint density at radius 2 is 1.05 bits per heavy atom. The van der Waals surface area contributed by atoms with E-state index >= 15 is 0 Å². The van der Waals surface area contributed by atoms with Gasteiger partial charge in [-0.15, -0.1) is 0 Å². The van der Waals surface area contributed by atoms with Crippen LogP contribution in [0.15, 0.2) is 116 Å². The fourth-order valence-corrected chi connectivity index (χ4v) is 6.00. The third-order valence-corrected chi connectivity index (χ3v) is 7.93. The van der Waals surface area contributed by atoms with Crippen LogP contribution in [0.5, 0.6) is 0 Å². The molecule has 0 amide bonds. The van der Waals surface area contributed by atoms with Gasteiger partial charge in [-0.1, -0.05) is 60.7 Å². The predicted octanol–water partition coefficient (Wildman–Crippen LogP) is 8.48. The highest BCUT2D eigenvalue weighted by molar-refractivity contribution is 5.97. The Labute approximate surface area is 249 Å². The molecule has 2 N–H and O–H groups in total. The van der Waals surface area contributed by atoms with Crippen molar-refractivity contribution in [1.82, 2.24) is 19.9 Å². The van der Waals surface area contributed by atoms with Crippen LogP contribution in [-0.2, 0) is 7.05 Å². The highest BCUT2D eigenvalue weighted by Crippen LogP contribution is 2.35. The van der Waals surface area contributed by atoms with Gasteiger partial charge in [0.2, 0.25) is 0 Å². The molecule has 0 spiro atoms. The maximum absolute atomic E-state index is 5.29. The van der Waals surface area contributed by atoms with Crippen molar-refractivity contribution in [3.8, 4) is 33.4 Å². The summed E-state index contributed by atoms with van der Waals surface area (Å²) in [7, 11) is 2.05. The first kappa shape index (κ1) is 24.9. The fraction of sp³-hybridized carbons (Fsp3) is 0.0263. The Balaban J connectivity index is 1.55. The quantitative estimate of drug-likeness (QED) is 0.215. The summed E-state index contributed by atoms with van der Waals surface area (Å²) in [5.41, 5.74) is 14.1. The second-order valence-electron chi connectivity index (χ2n) is 10.8. The minimum Gasteiger partial charge on any atom is -0.355 e. The summed E-state index contributed by atoms with van der Waals surface area (Å²) in [5, 5.41) is 0. The van der Waals surface area contributed by atoms with Crippen LogP contribution >= 0.6 is 0 Å². The van der Waals surface area contributed by atoms with Gasteiger partial charge in [-0.2, -0.15) is 0 Å². The van der Waals surface area contributed by atoms with Crippen LogP contribution in [0, 0.1) is 0 Å². The van der Waals surface area contributed by atoms with Gasteiger partial charge < -0.3 is 9.97 Å². The lowest BCUT2D eigenvalue weighted by atomic mass is 10.0. The van der Waals surface area contributed by atoms with Crippen molar-refractivity contribution < 1.29 is 4.57 Å². The fourth-order valence-electron chi connectivity index (χ4n) is 6.00. The van der Waals surface area contributed by atoms with Crippen LogP contribution in [0.25, 0.3) is 79.8 Å². The highest BCUT2D eigenvalue weighted by atomic mass is 14.9. The van der Waals surface area contributed by atoms with E-state index < -0.39 is 0 Å². The van der Waals surface area contributed by atoms with Crippen molar-refractivity contribution in [3.63, 3.8) is 0 Å². The van der Waals surface area contributed by atoms with Gasteiger partial charge in [0.25, 0.3) is 0 Å². The first-order valence-electron chi connectivity index (χ1n) is 14.4. The standard InChI is InChI=1S/C38H28N5/c1-43-22-8-13-27(24-43)38-34-20-18-32(41-34)36(25-9-4-2-5-10-25)30-16-14-28(39-30)23-29-15-17-31(40-29)37(26-11-6-3-7-12-26)33-19-21-35(38)42-33/h2-24,39,42H,1H3/q+1. The summed E-state index contributed by atoms with van der Waals surface area (Å²) in [6.07, 6.45) is 12.6. The zero-order chi connectivity index (χ0) is 28.8. The molecule has 0 radical (unpaired) electrons. The van der Waals surface area contributed by atoms with E-state index in [-0.39, 0.29) is 0 Å². The molecule has 4 aromatic heterocycles.